The van der Waals surface area contributed by atoms with E-state index in [2.05, 4.69) is 0 Å². The molecule has 1 aromatic heterocycles. The summed E-state index contributed by atoms with van der Waals surface area (Å²) < 4.78 is 38.8. The van der Waals surface area contributed by atoms with E-state index in [1.165, 1.54) is 24.4 Å². The van der Waals surface area contributed by atoms with E-state index in [0.717, 1.165) is 6.07 Å². The quantitative estimate of drug-likeness (QED) is 0.562. The number of pyridine rings is 1. The van der Waals surface area contributed by atoms with Crippen LogP contribution in [0.1, 0.15) is 5.56 Å². The largest absolute Gasteiger partial charge is 0.418 e. The summed E-state index contributed by atoms with van der Waals surface area (Å²) in [6.07, 6.45) is -3.30. The maximum absolute atomic E-state index is 12.7. The van der Waals surface area contributed by atoms with Crippen LogP contribution in [-0.2, 0) is 6.18 Å². The normalized spacial score (nSPS) is 12.0. The van der Waals surface area contributed by atoms with Crippen LogP contribution in [0.4, 0.5) is 13.2 Å². The van der Waals surface area contributed by atoms with Crippen LogP contribution in [0.25, 0.3) is 10.9 Å². The molecule has 0 aliphatic rings. The molecule has 0 fully saturated rings. The molecule has 0 saturated carbocycles. The third-order valence-electron chi connectivity index (χ3n) is 2.19. The van der Waals surface area contributed by atoms with Gasteiger partial charge in [0.1, 0.15) is 0 Å². The second kappa shape index (κ2) is 3.52. The van der Waals surface area contributed by atoms with E-state index in [4.69, 9.17) is 11.6 Å². The number of halogens is 4. The van der Waals surface area contributed by atoms with Gasteiger partial charge in [-0.1, -0.05) is 11.6 Å². The molecule has 84 valence electrons. The van der Waals surface area contributed by atoms with Gasteiger partial charge in [-0.3, -0.25) is 5.21 Å². The van der Waals surface area contributed by atoms with Gasteiger partial charge in [0.2, 0.25) is 6.20 Å². The molecule has 0 saturated heterocycles. The highest BCUT2D eigenvalue weighted by Gasteiger charge is 2.36. The van der Waals surface area contributed by atoms with Gasteiger partial charge in [0.15, 0.2) is 0 Å². The van der Waals surface area contributed by atoms with Gasteiger partial charge in [-0.2, -0.15) is 13.2 Å². The molecule has 0 aliphatic heterocycles. The number of hydrogen-bond acceptors (Lipinski definition) is 1. The maximum atomic E-state index is 12.7. The molecular weight excluding hydrogens is 243 g/mol. The van der Waals surface area contributed by atoms with Gasteiger partial charge in [-0.25, -0.2) is 0 Å². The molecule has 2 aromatic rings. The van der Waals surface area contributed by atoms with E-state index in [0.29, 0.717) is 4.73 Å². The van der Waals surface area contributed by atoms with Gasteiger partial charge >= 0.3 is 6.18 Å². The predicted octanol–water partition coefficient (Wildman–Crippen LogP) is 3.04. The fourth-order valence-corrected chi connectivity index (χ4v) is 1.81. The van der Waals surface area contributed by atoms with Crippen molar-refractivity contribution in [3.8, 4) is 0 Å². The fraction of sp³-hybridized carbons (Fsp3) is 0.100. The lowest BCUT2D eigenvalue weighted by Crippen LogP contribution is -2.30. The van der Waals surface area contributed by atoms with Crippen LogP contribution in [0, 0.1) is 0 Å². The maximum Gasteiger partial charge on any atom is 0.418 e. The molecule has 0 bridgehead atoms. The van der Waals surface area contributed by atoms with Crippen molar-refractivity contribution >= 4 is 22.5 Å². The summed E-state index contributed by atoms with van der Waals surface area (Å²) in [4.78, 5) is 0. The minimum atomic E-state index is -4.55. The smallest absolute Gasteiger partial charge is 0.285 e. The van der Waals surface area contributed by atoms with Crippen LogP contribution in [0.2, 0.25) is 5.02 Å². The Labute approximate surface area is 93.5 Å². The van der Waals surface area contributed by atoms with Crippen LogP contribution in [0.5, 0.6) is 0 Å². The zero-order valence-corrected chi connectivity index (χ0v) is 8.55. The van der Waals surface area contributed by atoms with E-state index in [1.54, 1.807) is 0 Å². The minimum Gasteiger partial charge on any atom is -0.285 e. The van der Waals surface area contributed by atoms with E-state index in [9.17, 15) is 18.4 Å². The van der Waals surface area contributed by atoms with Crippen LogP contribution < -0.4 is 4.73 Å². The summed E-state index contributed by atoms with van der Waals surface area (Å²) in [5, 5.41) is 8.84. The molecule has 2 rings (SSSR count). The first-order valence-corrected chi connectivity index (χ1v) is 4.68. The summed E-state index contributed by atoms with van der Waals surface area (Å²) in [6, 6.07) is 5.01. The third kappa shape index (κ3) is 1.67. The second-order valence-electron chi connectivity index (χ2n) is 3.21. The van der Waals surface area contributed by atoms with Crippen molar-refractivity contribution in [3.05, 3.63) is 41.0 Å². The summed E-state index contributed by atoms with van der Waals surface area (Å²) in [6.45, 7) is 0. The molecule has 1 heterocycles. The van der Waals surface area contributed by atoms with Gasteiger partial charge < -0.3 is 0 Å². The Morgan fingerprint density at radius 3 is 2.50 bits per heavy atom. The van der Waals surface area contributed by atoms with Crippen molar-refractivity contribution in [2.24, 2.45) is 0 Å². The molecule has 6 heteroatoms. The third-order valence-corrected chi connectivity index (χ3v) is 2.51. The number of nitrogens with zero attached hydrogens (tertiary/aromatic N) is 1. The Morgan fingerprint density at radius 2 is 1.88 bits per heavy atom. The number of rotatable bonds is 0. The zero-order valence-electron chi connectivity index (χ0n) is 7.79. The molecule has 1 N–H and O–H groups in total. The Kier molecular flexibility index (Phi) is 2.42. The molecule has 16 heavy (non-hydrogen) atoms. The molecule has 0 spiro atoms. The molecule has 0 atom stereocenters. The van der Waals surface area contributed by atoms with Crippen molar-refractivity contribution in [2.75, 3.05) is 0 Å². The molecule has 2 nitrogen and oxygen atoms in total. The monoisotopic (exact) mass is 248 g/mol. The summed E-state index contributed by atoms with van der Waals surface area (Å²) in [5.41, 5.74) is -0.880. The molecule has 0 amide bonds. The number of fused-ring (bicyclic) bond motifs is 1. The average Bonchev–Trinajstić information content (AvgIpc) is 2.15. The van der Waals surface area contributed by atoms with E-state index >= 15 is 0 Å². The van der Waals surface area contributed by atoms with E-state index in [1.807, 2.05) is 0 Å². The molecular formula is C10H6ClF3NO+. The first-order valence-electron chi connectivity index (χ1n) is 4.30. The topological polar surface area (TPSA) is 24.1 Å². The van der Waals surface area contributed by atoms with Crippen molar-refractivity contribution in [3.63, 3.8) is 0 Å². The van der Waals surface area contributed by atoms with Gasteiger partial charge in [-0.05, 0) is 12.1 Å². The van der Waals surface area contributed by atoms with Crippen molar-refractivity contribution in [1.82, 2.24) is 0 Å². The van der Waals surface area contributed by atoms with Gasteiger partial charge in [-0.15, -0.1) is 0 Å². The highest BCUT2D eigenvalue weighted by atomic mass is 35.5. The van der Waals surface area contributed by atoms with Crippen LogP contribution in [0.15, 0.2) is 30.5 Å². The van der Waals surface area contributed by atoms with Crippen molar-refractivity contribution < 1.29 is 23.1 Å². The highest BCUT2D eigenvalue weighted by Crippen LogP contribution is 2.38. The Balaban J connectivity index is 2.91. The molecule has 0 radical (unpaired) electrons. The molecule has 0 aliphatic carbocycles. The fourth-order valence-electron chi connectivity index (χ4n) is 1.54. The zero-order chi connectivity index (χ0) is 11.9. The summed E-state index contributed by atoms with van der Waals surface area (Å²) >= 11 is 5.53. The number of benzene rings is 1. The predicted molar refractivity (Wildman–Crippen MR) is 51.3 cm³/mol. The van der Waals surface area contributed by atoms with Gasteiger partial charge in [0.05, 0.1) is 16.0 Å². The highest BCUT2D eigenvalue weighted by molar-refractivity contribution is 6.32. The van der Waals surface area contributed by atoms with E-state index < -0.39 is 11.7 Å². The lowest BCUT2D eigenvalue weighted by atomic mass is 10.1. The van der Waals surface area contributed by atoms with Gasteiger partial charge in [0.25, 0.3) is 5.52 Å². The first-order chi connectivity index (χ1) is 7.41. The Hall–Kier alpha value is -1.49. The van der Waals surface area contributed by atoms with Gasteiger partial charge in [0, 0.05) is 16.9 Å². The summed E-state index contributed by atoms with van der Waals surface area (Å²) in [7, 11) is 0. The van der Waals surface area contributed by atoms with E-state index in [-0.39, 0.29) is 15.9 Å². The SMILES string of the molecule is O[n+]1cccc2c(C(F)(F)F)c(Cl)ccc21. The Bertz CT molecular complexity index is 553. The minimum absolute atomic E-state index is 0.0548. The van der Waals surface area contributed by atoms with Crippen LogP contribution in [0.3, 0.4) is 0 Å². The van der Waals surface area contributed by atoms with Crippen LogP contribution in [-0.4, -0.2) is 5.21 Å². The molecule has 0 unspecified atom stereocenters. The molecule has 1 aromatic carbocycles. The standard InChI is InChI=1S/C10H6ClF3NO/c11-7-3-4-8-6(2-1-5-15(8)16)9(7)10(12,13)14/h1-5,16H/q+1. The number of hydrogen-bond donors (Lipinski definition) is 1. The van der Waals surface area contributed by atoms with Crippen LogP contribution >= 0.6 is 11.6 Å². The lowest BCUT2D eigenvalue weighted by Gasteiger charge is -2.09. The number of aromatic nitrogens is 1. The van der Waals surface area contributed by atoms with Crippen molar-refractivity contribution in [2.45, 2.75) is 6.18 Å². The van der Waals surface area contributed by atoms with Crippen molar-refractivity contribution in [1.29, 1.82) is 0 Å². The second-order valence-corrected chi connectivity index (χ2v) is 3.61. The average molecular weight is 249 g/mol. The first kappa shape index (κ1) is 11.0. The Morgan fingerprint density at radius 1 is 1.19 bits per heavy atom. The number of alkyl halides is 3. The summed E-state index contributed by atoms with van der Waals surface area (Å²) in [5.74, 6) is 0. The lowest BCUT2D eigenvalue weighted by molar-refractivity contribution is -0.884.